The highest BCUT2D eigenvalue weighted by molar-refractivity contribution is 5.77. The summed E-state index contributed by atoms with van der Waals surface area (Å²) in [7, 11) is 1.42. The van der Waals surface area contributed by atoms with Gasteiger partial charge in [0, 0.05) is 19.5 Å². The van der Waals surface area contributed by atoms with Gasteiger partial charge >= 0.3 is 5.97 Å². The van der Waals surface area contributed by atoms with Crippen LogP contribution in [0.4, 0.5) is 0 Å². The van der Waals surface area contributed by atoms with Gasteiger partial charge in [-0.05, 0) is 19.3 Å². The first kappa shape index (κ1) is 17.7. The second-order valence-corrected chi connectivity index (χ2v) is 4.64. The van der Waals surface area contributed by atoms with E-state index in [0.29, 0.717) is 12.4 Å². The maximum Gasteiger partial charge on any atom is 0.305 e. The molecule has 112 valence electrons. The number of hydrogen-bond donors (Lipinski definition) is 2. The van der Waals surface area contributed by atoms with Gasteiger partial charge in [0.2, 0.25) is 0 Å². The number of methoxy groups -OCH3 is 1. The first-order valence-electron chi connectivity index (χ1n) is 7.31. The fraction of sp³-hybridized carbons (Fsp3) is 0.857. The second-order valence-electron chi connectivity index (χ2n) is 4.64. The highest BCUT2D eigenvalue weighted by Crippen LogP contribution is 2.01. The molecule has 0 heterocycles. The van der Waals surface area contributed by atoms with Crippen LogP contribution in [0.25, 0.3) is 0 Å². The maximum absolute atomic E-state index is 10.9. The number of nitrogens with two attached hydrogens (primary N) is 1. The lowest BCUT2D eigenvalue weighted by Crippen LogP contribution is -2.32. The van der Waals surface area contributed by atoms with Crippen molar-refractivity contribution in [3.8, 4) is 0 Å². The molecule has 0 atom stereocenters. The van der Waals surface area contributed by atoms with E-state index in [9.17, 15) is 4.79 Å². The van der Waals surface area contributed by atoms with E-state index in [4.69, 9.17) is 5.73 Å². The van der Waals surface area contributed by atoms with E-state index in [0.717, 1.165) is 38.8 Å². The Bertz CT molecular complexity index is 255. The van der Waals surface area contributed by atoms with Crippen LogP contribution in [-0.2, 0) is 9.53 Å². The fourth-order valence-electron chi connectivity index (χ4n) is 1.68. The Morgan fingerprint density at radius 2 is 1.89 bits per heavy atom. The topological polar surface area (TPSA) is 76.7 Å². The summed E-state index contributed by atoms with van der Waals surface area (Å²) in [5.41, 5.74) is 5.74. The lowest BCUT2D eigenvalue weighted by Gasteiger charge is -2.05. The number of guanidine groups is 1. The van der Waals surface area contributed by atoms with E-state index in [2.05, 4.69) is 22.0 Å². The van der Waals surface area contributed by atoms with Gasteiger partial charge in [-0.1, -0.05) is 32.6 Å². The second kappa shape index (κ2) is 13.2. The molecule has 0 radical (unpaired) electrons. The van der Waals surface area contributed by atoms with Crippen molar-refractivity contribution in [2.75, 3.05) is 20.2 Å². The molecule has 0 saturated carbocycles. The van der Waals surface area contributed by atoms with Gasteiger partial charge in [-0.2, -0.15) is 0 Å². The molecule has 0 bridgehead atoms. The molecule has 0 rings (SSSR count). The minimum Gasteiger partial charge on any atom is -0.469 e. The van der Waals surface area contributed by atoms with Crippen LogP contribution in [0.2, 0.25) is 0 Å². The first-order chi connectivity index (χ1) is 9.20. The standard InChI is InChI=1S/C14H29N3O2/c1-3-4-5-8-11-16-14(15)17-12-9-6-7-10-13(18)19-2/h3-12H2,1-2H3,(H3,15,16,17). The predicted molar refractivity (Wildman–Crippen MR) is 79.1 cm³/mol. The number of unbranched alkanes of at least 4 members (excludes halogenated alkanes) is 5. The van der Waals surface area contributed by atoms with E-state index in [1.54, 1.807) is 0 Å². The van der Waals surface area contributed by atoms with E-state index >= 15 is 0 Å². The SMILES string of the molecule is CCCCCCNC(N)=NCCCCCC(=O)OC. The van der Waals surface area contributed by atoms with Gasteiger partial charge < -0.3 is 15.8 Å². The Morgan fingerprint density at radius 1 is 1.16 bits per heavy atom. The van der Waals surface area contributed by atoms with E-state index in [-0.39, 0.29) is 5.97 Å². The predicted octanol–water partition coefficient (Wildman–Crippen LogP) is 2.20. The third-order valence-corrected chi connectivity index (χ3v) is 2.89. The summed E-state index contributed by atoms with van der Waals surface area (Å²) in [6.45, 7) is 3.82. The van der Waals surface area contributed by atoms with Gasteiger partial charge in [-0.25, -0.2) is 0 Å². The molecule has 0 amide bonds. The van der Waals surface area contributed by atoms with Crippen molar-refractivity contribution in [3.63, 3.8) is 0 Å². The van der Waals surface area contributed by atoms with Gasteiger partial charge in [0.1, 0.15) is 0 Å². The minimum atomic E-state index is -0.142. The maximum atomic E-state index is 10.9. The van der Waals surface area contributed by atoms with Crippen molar-refractivity contribution in [1.82, 2.24) is 5.32 Å². The largest absolute Gasteiger partial charge is 0.469 e. The molecule has 0 aliphatic heterocycles. The van der Waals surface area contributed by atoms with Crippen LogP contribution in [0.1, 0.15) is 58.3 Å². The highest BCUT2D eigenvalue weighted by Gasteiger charge is 1.98. The first-order valence-corrected chi connectivity index (χ1v) is 7.31. The van der Waals surface area contributed by atoms with Crippen LogP contribution < -0.4 is 11.1 Å². The molecule has 0 aromatic carbocycles. The lowest BCUT2D eigenvalue weighted by molar-refractivity contribution is -0.140. The molecule has 0 aromatic heterocycles. The summed E-state index contributed by atoms with van der Waals surface area (Å²) in [5, 5.41) is 3.11. The average molecular weight is 271 g/mol. The molecule has 3 N–H and O–H groups in total. The molecule has 0 saturated heterocycles. The number of nitrogens with zero attached hydrogens (tertiary/aromatic N) is 1. The van der Waals surface area contributed by atoms with Crippen LogP contribution in [0.15, 0.2) is 4.99 Å². The molecule has 0 fully saturated rings. The number of ether oxygens (including phenoxy) is 1. The Kier molecular flexibility index (Phi) is 12.3. The van der Waals surface area contributed by atoms with Crippen molar-refractivity contribution >= 4 is 11.9 Å². The van der Waals surface area contributed by atoms with Crippen LogP contribution in [0, 0.1) is 0 Å². The molecule has 5 nitrogen and oxygen atoms in total. The molecule has 0 spiro atoms. The molecule has 0 aromatic rings. The summed E-state index contributed by atoms with van der Waals surface area (Å²) >= 11 is 0. The molecular formula is C14H29N3O2. The normalized spacial score (nSPS) is 11.4. The van der Waals surface area contributed by atoms with Crippen molar-refractivity contribution in [2.24, 2.45) is 10.7 Å². The Balaban J connectivity index is 3.36. The van der Waals surface area contributed by atoms with E-state index < -0.39 is 0 Å². The van der Waals surface area contributed by atoms with Gasteiger partial charge in [0.25, 0.3) is 0 Å². The lowest BCUT2D eigenvalue weighted by atomic mass is 10.2. The minimum absolute atomic E-state index is 0.142. The zero-order valence-electron chi connectivity index (χ0n) is 12.4. The van der Waals surface area contributed by atoms with E-state index in [1.807, 2.05) is 0 Å². The molecule has 0 aliphatic carbocycles. The zero-order chi connectivity index (χ0) is 14.3. The summed E-state index contributed by atoms with van der Waals surface area (Å²) < 4.78 is 4.57. The summed E-state index contributed by atoms with van der Waals surface area (Å²) in [4.78, 5) is 15.1. The van der Waals surface area contributed by atoms with Crippen LogP contribution >= 0.6 is 0 Å². The number of carbonyl (C=O) groups is 1. The number of nitrogens with one attached hydrogen (secondary N) is 1. The third-order valence-electron chi connectivity index (χ3n) is 2.89. The van der Waals surface area contributed by atoms with Gasteiger partial charge in [0.15, 0.2) is 5.96 Å². The Morgan fingerprint density at radius 3 is 2.58 bits per heavy atom. The Hall–Kier alpha value is -1.26. The molecular weight excluding hydrogens is 242 g/mol. The van der Waals surface area contributed by atoms with Crippen molar-refractivity contribution in [1.29, 1.82) is 0 Å². The van der Waals surface area contributed by atoms with Crippen molar-refractivity contribution < 1.29 is 9.53 Å². The van der Waals surface area contributed by atoms with Crippen molar-refractivity contribution in [2.45, 2.75) is 58.3 Å². The summed E-state index contributed by atoms with van der Waals surface area (Å²) in [6.07, 6.45) is 8.18. The molecule has 0 unspecified atom stereocenters. The molecule has 19 heavy (non-hydrogen) atoms. The van der Waals surface area contributed by atoms with E-state index in [1.165, 1.54) is 26.4 Å². The Labute approximate surface area is 117 Å². The quantitative estimate of drug-likeness (QED) is 0.261. The van der Waals surface area contributed by atoms with Gasteiger partial charge in [-0.15, -0.1) is 0 Å². The number of hydrogen-bond acceptors (Lipinski definition) is 3. The molecule has 5 heteroatoms. The zero-order valence-corrected chi connectivity index (χ0v) is 12.4. The summed E-state index contributed by atoms with van der Waals surface area (Å²) in [5.74, 6) is 0.390. The number of carbonyl (C=O) groups excluding carboxylic acids is 1. The fourth-order valence-corrected chi connectivity index (χ4v) is 1.68. The smallest absolute Gasteiger partial charge is 0.305 e. The van der Waals surface area contributed by atoms with Crippen molar-refractivity contribution in [3.05, 3.63) is 0 Å². The van der Waals surface area contributed by atoms with Crippen LogP contribution in [0.3, 0.4) is 0 Å². The number of rotatable bonds is 11. The van der Waals surface area contributed by atoms with Gasteiger partial charge in [-0.3, -0.25) is 9.79 Å². The van der Waals surface area contributed by atoms with Gasteiger partial charge in [0.05, 0.1) is 7.11 Å². The van der Waals surface area contributed by atoms with Crippen LogP contribution in [0.5, 0.6) is 0 Å². The highest BCUT2D eigenvalue weighted by atomic mass is 16.5. The summed E-state index contributed by atoms with van der Waals surface area (Å²) in [6, 6.07) is 0. The van der Waals surface area contributed by atoms with Crippen LogP contribution in [-0.4, -0.2) is 32.1 Å². The number of aliphatic imine (C=N–C) groups is 1. The number of esters is 1. The molecule has 0 aliphatic rings. The average Bonchev–Trinajstić information content (AvgIpc) is 2.42. The third kappa shape index (κ3) is 13.0. The monoisotopic (exact) mass is 271 g/mol.